The van der Waals surface area contributed by atoms with Crippen LogP contribution in [0.25, 0.3) is 16.8 Å². The van der Waals surface area contributed by atoms with Crippen molar-refractivity contribution in [1.82, 2.24) is 24.7 Å². The van der Waals surface area contributed by atoms with Gasteiger partial charge >= 0.3 is 12.0 Å². The van der Waals surface area contributed by atoms with Crippen LogP contribution < -0.4 is 21.1 Å². The normalized spacial score (nSPS) is 10.5. The third-order valence-corrected chi connectivity index (χ3v) is 5.75. The van der Waals surface area contributed by atoms with Gasteiger partial charge in [0.05, 0.1) is 46.2 Å². The van der Waals surface area contributed by atoms with E-state index in [0.717, 1.165) is 5.56 Å². The van der Waals surface area contributed by atoms with Gasteiger partial charge in [-0.1, -0.05) is 35.3 Å². The highest BCUT2D eigenvalue weighted by molar-refractivity contribution is 6.31. The molecule has 5 rings (SSSR count). The molecule has 0 aliphatic carbocycles. The van der Waals surface area contributed by atoms with Crippen molar-refractivity contribution < 1.29 is 9.53 Å². The van der Waals surface area contributed by atoms with Gasteiger partial charge in [-0.05, 0) is 42.0 Å². The molecule has 0 atom stereocenters. The number of nitrogen functional groups attached to an aromatic ring is 1. The molecule has 0 aliphatic heterocycles. The van der Waals surface area contributed by atoms with Gasteiger partial charge in [-0.3, -0.25) is 0 Å². The number of anilines is 3. The summed E-state index contributed by atoms with van der Waals surface area (Å²) in [6.45, 7) is 0. The van der Waals surface area contributed by atoms with Crippen molar-refractivity contribution in [2.75, 3.05) is 16.4 Å². The largest absolute Gasteiger partial charge is 0.424 e. The monoisotopic (exact) mass is 557 g/mol. The lowest BCUT2D eigenvalue weighted by Crippen LogP contribution is -2.20. The van der Waals surface area contributed by atoms with E-state index in [2.05, 4.69) is 30.7 Å². The number of hydrogen-bond donors (Lipinski definition) is 3. The van der Waals surface area contributed by atoms with E-state index in [1.807, 2.05) is 18.2 Å². The van der Waals surface area contributed by atoms with E-state index < -0.39 is 6.03 Å². The van der Waals surface area contributed by atoms with Crippen LogP contribution >= 0.6 is 23.2 Å². The molecule has 3 heterocycles. The fourth-order valence-corrected chi connectivity index (χ4v) is 3.86. The second-order valence-electron chi connectivity index (χ2n) is 7.99. The predicted octanol–water partition coefficient (Wildman–Crippen LogP) is 5.92. The molecule has 0 aliphatic rings. The Hall–Kier alpha value is -5.18. The fraction of sp³-hybridized carbons (Fsp3) is 0. The lowest BCUT2D eigenvalue weighted by atomic mass is 10.1. The van der Waals surface area contributed by atoms with E-state index in [4.69, 9.17) is 38.9 Å². The maximum atomic E-state index is 12.7. The van der Waals surface area contributed by atoms with Crippen LogP contribution in [0.2, 0.25) is 10.0 Å². The van der Waals surface area contributed by atoms with Gasteiger partial charge in [-0.2, -0.15) is 10.4 Å². The number of halogens is 2. The topological polar surface area (TPSA) is 157 Å². The summed E-state index contributed by atoms with van der Waals surface area (Å²) in [7, 11) is 0. The number of nitrogens with two attached hydrogens (primary N) is 1. The Bertz CT molecular complexity index is 1700. The zero-order chi connectivity index (χ0) is 27.4. The van der Waals surface area contributed by atoms with Crippen molar-refractivity contribution in [3.63, 3.8) is 0 Å². The summed E-state index contributed by atoms with van der Waals surface area (Å²) in [4.78, 5) is 25.0. The van der Waals surface area contributed by atoms with Crippen molar-refractivity contribution in [2.24, 2.45) is 0 Å². The zero-order valence-electron chi connectivity index (χ0n) is 19.8. The van der Waals surface area contributed by atoms with Crippen LogP contribution in [0.4, 0.5) is 22.0 Å². The van der Waals surface area contributed by atoms with Crippen LogP contribution in [-0.4, -0.2) is 30.8 Å². The van der Waals surface area contributed by atoms with Crippen LogP contribution in [0, 0.1) is 11.3 Å². The number of pyridine rings is 1. The number of urea groups is 1. The van der Waals surface area contributed by atoms with E-state index in [1.54, 1.807) is 36.4 Å². The lowest BCUT2D eigenvalue weighted by Gasteiger charge is -2.12. The number of nitriles is 1. The molecule has 2 aromatic carbocycles. The van der Waals surface area contributed by atoms with Crippen molar-refractivity contribution in [2.45, 2.75) is 0 Å². The fourth-order valence-electron chi connectivity index (χ4n) is 3.53. The molecule has 0 saturated carbocycles. The first kappa shape index (κ1) is 25.5. The van der Waals surface area contributed by atoms with Crippen molar-refractivity contribution in [1.29, 1.82) is 5.26 Å². The molecule has 0 radical (unpaired) electrons. The molecule has 192 valence electrons. The molecule has 5 aromatic rings. The van der Waals surface area contributed by atoms with Gasteiger partial charge < -0.3 is 21.1 Å². The number of benzene rings is 2. The zero-order valence-corrected chi connectivity index (χ0v) is 21.4. The second-order valence-corrected chi connectivity index (χ2v) is 8.87. The summed E-state index contributed by atoms with van der Waals surface area (Å²) >= 11 is 12.1. The Morgan fingerprint density at radius 2 is 1.72 bits per heavy atom. The van der Waals surface area contributed by atoms with Crippen molar-refractivity contribution >= 4 is 46.4 Å². The molecule has 0 saturated heterocycles. The molecule has 4 N–H and O–H groups in total. The summed E-state index contributed by atoms with van der Waals surface area (Å²) < 4.78 is 7.16. The molecule has 0 bridgehead atoms. The molecule has 0 fully saturated rings. The van der Waals surface area contributed by atoms with Gasteiger partial charge in [0.2, 0.25) is 0 Å². The van der Waals surface area contributed by atoms with Gasteiger partial charge in [-0.25, -0.2) is 24.4 Å². The minimum Gasteiger partial charge on any atom is -0.424 e. The third-order valence-electron chi connectivity index (χ3n) is 5.31. The van der Waals surface area contributed by atoms with Gasteiger partial charge in [0.1, 0.15) is 17.6 Å². The SMILES string of the molecule is N#Cc1cnn(-c2ccc(Cl)cc2NC(=O)Nc2cnc(Oc3ccc(-c4cc(Cl)cnc4N)cc3)nc2)c1. The highest BCUT2D eigenvalue weighted by Gasteiger charge is 2.12. The molecule has 11 nitrogen and oxygen atoms in total. The molecule has 0 spiro atoms. The summed E-state index contributed by atoms with van der Waals surface area (Å²) in [6.07, 6.45) is 7.25. The average molecular weight is 558 g/mol. The highest BCUT2D eigenvalue weighted by atomic mass is 35.5. The standard InChI is InChI=1S/C26H17Cl2N9O2/c27-17-3-6-23(37-14-15(9-29)10-34-37)22(8-17)36-25(38)35-19-12-32-26(33-13-19)39-20-4-1-16(2-5-20)21-7-18(28)11-31-24(21)30/h1-8,10-14H,(H2,30,31)(H2,35,36,38). The van der Waals surface area contributed by atoms with Crippen LogP contribution in [0.5, 0.6) is 11.8 Å². The van der Waals surface area contributed by atoms with Gasteiger partial charge in [-0.15, -0.1) is 0 Å². The first-order chi connectivity index (χ1) is 18.9. The Morgan fingerprint density at radius 3 is 2.44 bits per heavy atom. The molecule has 39 heavy (non-hydrogen) atoms. The lowest BCUT2D eigenvalue weighted by molar-refractivity contribution is 0.262. The maximum absolute atomic E-state index is 12.7. The number of amides is 2. The molecule has 2 amide bonds. The molecular weight excluding hydrogens is 541 g/mol. The van der Waals surface area contributed by atoms with Crippen molar-refractivity contribution in [3.05, 3.63) is 95.1 Å². The highest BCUT2D eigenvalue weighted by Crippen LogP contribution is 2.29. The average Bonchev–Trinajstić information content (AvgIpc) is 3.41. The number of aromatic nitrogens is 5. The molecule has 13 heteroatoms. The number of carbonyl (C=O) groups excluding carboxylic acids is 1. The Morgan fingerprint density at radius 1 is 0.949 bits per heavy atom. The number of ether oxygens (including phenoxy) is 1. The van der Waals surface area contributed by atoms with E-state index >= 15 is 0 Å². The predicted molar refractivity (Wildman–Crippen MR) is 147 cm³/mol. The number of nitrogens with one attached hydrogen (secondary N) is 2. The summed E-state index contributed by atoms with van der Waals surface area (Å²) in [5.41, 5.74) is 9.08. The number of carbonyl (C=O) groups is 1. The summed E-state index contributed by atoms with van der Waals surface area (Å²) in [5, 5.41) is 19.5. The number of rotatable bonds is 6. The molecule has 0 unspecified atom stereocenters. The van der Waals surface area contributed by atoms with E-state index in [1.165, 1.54) is 35.7 Å². The minimum absolute atomic E-state index is 0.0850. The number of hydrogen-bond acceptors (Lipinski definition) is 8. The van der Waals surface area contributed by atoms with Gasteiger partial charge in [0.15, 0.2) is 0 Å². The number of nitrogens with zero attached hydrogens (tertiary/aromatic N) is 6. The van der Waals surface area contributed by atoms with Crippen LogP contribution in [0.1, 0.15) is 5.56 Å². The Balaban J connectivity index is 1.23. The third kappa shape index (κ3) is 6.04. The Kier molecular flexibility index (Phi) is 7.22. The van der Waals surface area contributed by atoms with Crippen LogP contribution in [0.3, 0.4) is 0 Å². The molecule has 3 aromatic heterocycles. The van der Waals surface area contributed by atoms with Crippen molar-refractivity contribution in [3.8, 4) is 34.6 Å². The van der Waals surface area contributed by atoms with E-state index in [-0.39, 0.29) is 6.01 Å². The Labute approximate surface area is 231 Å². The molecular formula is C26H17Cl2N9O2. The summed E-state index contributed by atoms with van der Waals surface area (Å²) in [6, 6.07) is 15.3. The smallest absolute Gasteiger partial charge is 0.323 e. The van der Waals surface area contributed by atoms with E-state index in [9.17, 15) is 4.79 Å². The van der Waals surface area contributed by atoms with Gasteiger partial charge in [0.25, 0.3) is 0 Å². The van der Waals surface area contributed by atoms with E-state index in [0.29, 0.717) is 49.8 Å². The summed E-state index contributed by atoms with van der Waals surface area (Å²) in [5.74, 6) is 0.863. The maximum Gasteiger partial charge on any atom is 0.323 e. The first-order valence-electron chi connectivity index (χ1n) is 11.2. The first-order valence-corrected chi connectivity index (χ1v) is 12.0. The second kappa shape index (κ2) is 11.1. The van der Waals surface area contributed by atoms with Crippen LogP contribution in [-0.2, 0) is 0 Å². The minimum atomic E-state index is -0.561. The quantitative estimate of drug-likeness (QED) is 0.232. The van der Waals surface area contributed by atoms with Crippen LogP contribution in [0.15, 0.2) is 79.5 Å². The van der Waals surface area contributed by atoms with Gasteiger partial charge in [0, 0.05) is 23.0 Å².